The number of amides is 1. The number of benzene rings is 2. The lowest BCUT2D eigenvalue weighted by atomic mass is 10.0. The second-order valence-electron chi connectivity index (χ2n) is 11.4. The van der Waals surface area contributed by atoms with Gasteiger partial charge in [-0.2, -0.15) is 4.98 Å². The molecule has 0 fully saturated rings. The van der Waals surface area contributed by atoms with E-state index in [0.717, 1.165) is 46.9 Å². The molecule has 1 amide bonds. The van der Waals surface area contributed by atoms with Crippen LogP contribution in [0.3, 0.4) is 0 Å². The van der Waals surface area contributed by atoms with Crippen molar-refractivity contribution in [1.82, 2.24) is 29.7 Å². The average molecular weight is 650 g/mol. The SMILES string of the molecule is COc1nc(CNCC(C)=O)nc2c1CN(c1cccc(-c3cccc(NC(=O)c4nc5c(n4C)CCN(C)C5)c3Cl)c1Cl)C2. The first-order valence-corrected chi connectivity index (χ1v) is 15.4. The number of ether oxygens (including phenoxy) is 1. The normalized spacial score (nSPS) is 14.3. The first kappa shape index (κ1) is 31.0. The topological polar surface area (TPSA) is 118 Å². The van der Waals surface area contributed by atoms with E-state index in [-0.39, 0.29) is 18.2 Å². The highest BCUT2D eigenvalue weighted by Crippen LogP contribution is 2.43. The van der Waals surface area contributed by atoms with Crippen LogP contribution in [0.2, 0.25) is 10.0 Å². The fraction of sp³-hybridized carbons (Fsp3) is 0.344. The molecule has 45 heavy (non-hydrogen) atoms. The van der Waals surface area contributed by atoms with E-state index >= 15 is 0 Å². The minimum atomic E-state index is -0.325. The molecule has 0 bridgehead atoms. The molecule has 2 aromatic carbocycles. The molecule has 0 aliphatic carbocycles. The number of fused-ring (bicyclic) bond motifs is 2. The van der Waals surface area contributed by atoms with Gasteiger partial charge in [-0.3, -0.25) is 9.59 Å². The Morgan fingerprint density at radius 3 is 2.47 bits per heavy atom. The number of Topliss-reactive ketones (excluding diaryl/α,β-unsaturated/α-hetero) is 1. The summed E-state index contributed by atoms with van der Waals surface area (Å²) in [5, 5.41) is 6.92. The molecule has 0 spiro atoms. The predicted octanol–water partition coefficient (Wildman–Crippen LogP) is 4.63. The summed E-state index contributed by atoms with van der Waals surface area (Å²) in [5.41, 5.74) is 6.43. The van der Waals surface area contributed by atoms with Crippen LogP contribution in [-0.2, 0) is 44.4 Å². The molecule has 0 radical (unpaired) electrons. The quantitative estimate of drug-likeness (QED) is 0.268. The number of rotatable bonds is 9. The summed E-state index contributed by atoms with van der Waals surface area (Å²) in [6.45, 7) is 4.77. The van der Waals surface area contributed by atoms with Crippen molar-refractivity contribution in [1.29, 1.82) is 0 Å². The molecule has 2 aliphatic rings. The largest absolute Gasteiger partial charge is 0.481 e. The first-order chi connectivity index (χ1) is 21.6. The highest BCUT2D eigenvalue weighted by atomic mass is 35.5. The molecule has 0 unspecified atom stereocenters. The summed E-state index contributed by atoms with van der Waals surface area (Å²) < 4.78 is 7.47. The van der Waals surface area contributed by atoms with E-state index in [2.05, 4.69) is 30.4 Å². The average Bonchev–Trinajstić information content (AvgIpc) is 3.58. The van der Waals surface area contributed by atoms with Crippen molar-refractivity contribution >= 4 is 46.3 Å². The second kappa shape index (κ2) is 12.8. The molecule has 2 aromatic heterocycles. The molecule has 2 aliphatic heterocycles. The number of carbonyl (C=O) groups excluding carboxylic acids is 2. The Kier molecular flexibility index (Phi) is 8.78. The molecule has 4 aromatic rings. The van der Waals surface area contributed by atoms with Gasteiger partial charge < -0.3 is 29.7 Å². The van der Waals surface area contributed by atoms with Crippen molar-refractivity contribution in [3.05, 3.63) is 80.7 Å². The van der Waals surface area contributed by atoms with Crippen LogP contribution >= 0.6 is 23.2 Å². The highest BCUT2D eigenvalue weighted by molar-refractivity contribution is 6.39. The Labute approximate surface area is 271 Å². The number of nitrogens with zero attached hydrogens (tertiary/aromatic N) is 6. The third kappa shape index (κ3) is 6.13. The molecular weight excluding hydrogens is 615 g/mol. The van der Waals surface area contributed by atoms with Gasteiger partial charge in [0.1, 0.15) is 11.6 Å². The van der Waals surface area contributed by atoms with Crippen LogP contribution in [0.5, 0.6) is 5.88 Å². The Morgan fingerprint density at radius 1 is 0.956 bits per heavy atom. The number of carbonyl (C=O) groups is 2. The van der Waals surface area contributed by atoms with Gasteiger partial charge in [-0.15, -0.1) is 0 Å². The van der Waals surface area contributed by atoms with Gasteiger partial charge in [0.15, 0.2) is 5.82 Å². The summed E-state index contributed by atoms with van der Waals surface area (Å²) in [5.74, 6) is 1.12. The van der Waals surface area contributed by atoms with E-state index in [1.807, 2.05) is 49.0 Å². The number of hydrogen-bond donors (Lipinski definition) is 2. The maximum absolute atomic E-state index is 13.4. The van der Waals surface area contributed by atoms with E-state index in [1.165, 1.54) is 6.92 Å². The number of aromatic nitrogens is 4. The van der Waals surface area contributed by atoms with Crippen LogP contribution in [0.15, 0.2) is 36.4 Å². The van der Waals surface area contributed by atoms with Crippen molar-refractivity contribution in [2.75, 3.05) is 37.5 Å². The minimum absolute atomic E-state index is 0.0385. The van der Waals surface area contributed by atoms with Gasteiger partial charge in [-0.1, -0.05) is 47.5 Å². The Balaban J connectivity index is 1.24. The monoisotopic (exact) mass is 648 g/mol. The molecule has 0 saturated carbocycles. The van der Waals surface area contributed by atoms with E-state index in [1.54, 1.807) is 13.2 Å². The Hall–Kier alpha value is -4.03. The summed E-state index contributed by atoms with van der Waals surface area (Å²) in [6.07, 6.45) is 0.842. The highest BCUT2D eigenvalue weighted by Gasteiger charge is 2.29. The molecule has 11 nitrogen and oxygen atoms in total. The molecule has 4 heterocycles. The molecule has 0 atom stereocenters. The number of imidazole rings is 1. The van der Waals surface area contributed by atoms with Crippen LogP contribution < -0.4 is 20.3 Å². The maximum atomic E-state index is 13.4. The van der Waals surface area contributed by atoms with Gasteiger partial charge in [0.25, 0.3) is 5.91 Å². The number of nitrogens with one attached hydrogen (secondary N) is 2. The van der Waals surface area contributed by atoms with Crippen LogP contribution in [0, 0.1) is 0 Å². The number of methoxy groups -OCH3 is 1. The van der Waals surface area contributed by atoms with Crippen LogP contribution in [-0.4, -0.2) is 63.4 Å². The van der Waals surface area contributed by atoms with Crippen molar-refractivity contribution in [3.63, 3.8) is 0 Å². The zero-order valence-electron chi connectivity index (χ0n) is 25.6. The Morgan fingerprint density at radius 2 is 1.71 bits per heavy atom. The van der Waals surface area contributed by atoms with Gasteiger partial charge in [-0.25, -0.2) is 9.97 Å². The maximum Gasteiger partial charge on any atom is 0.291 e. The smallest absolute Gasteiger partial charge is 0.291 e. The van der Waals surface area contributed by atoms with E-state index in [0.29, 0.717) is 65.0 Å². The second-order valence-corrected chi connectivity index (χ2v) is 12.1. The molecule has 6 rings (SSSR count). The van der Waals surface area contributed by atoms with Crippen molar-refractivity contribution < 1.29 is 14.3 Å². The molecule has 2 N–H and O–H groups in total. The van der Waals surface area contributed by atoms with Crippen molar-refractivity contribution in [2.45, 2.75) is 39.5 Å². The lowest BCUT2D eigenvalue weighted by Crippen LogP contribution is -2.27. The van der Waals surface area contributed by atoms with E-state index in [4.69, 9.17) is 32.9 Å². The fourth-order valence-corrected chi connectivity index (χ4v) is 6.51. The number of ketones is 1. The molecule has 13 heteroatoms. The number of halogens is 2. The van der Waals surface area contributed by atoms with Gasteiger partial charge in [-0.05, 0) is 26.1 Å². The van der Waals surface area contributed by atoms with Crippen LogP contribution in [0.1, 0.15) is 46.0 Å². The summed E-state index contributed by atoms with van der Waals surface area (Å²) >= 11 is 14.0. The fourth-order valence-electron chi connectivity index (χ4n) is 5.89. The van der Waals surface area contributed by atoms with Gasteiger partial charge in [0, 0.05) is 43.4 Å². The van der Waals surface area contributed by atoms with Crippen LogP contribution in [0.25, 0.3) is 11.1 Å². The summed E-state index contributed by atoms with van der Waals surface area (Å²) in [4.78, 5) is 42.9. The number of likely N-dealkylation sites (N-methyl/N-ethyl adjacent to an activating group) is 1. The first-order valence-electron chi connectivity index (χ1n) is 14.6. The van der Waals surface area contributed by atoms with Crippen molar-refractivity contribution in [3.8, 4) is 17.0 Å². The standard InChI is InChI=1S/C32H34Cl2N8O3/c1-18(43)13-35-14-27-36-23-17-42(15-21(23)32(39-27)45-4)26-10-6-8-20(29(26)34)19-7-5-9-22(28(19)33)38-31(44)30-37-24-16-40(2)12-11-25(24)41(30)3/h5-10,35H,11-17H2,1-4H3,(H,38,44). The minimum Gasteiger partial charge on any atom is -0.481 e. The van der Waals surface area contributed by atoms with Gasteiger partial charge in [0.2, 0.25) is 5.88 Å². The summed E-state index contributed by atoms with van der Waals surface area (Å²) in [7, 11) is 5.50. The van der Waals surface area contributed by atoms with Gasteiger partial charge in [0.05, 0.1) is 71.7 Å². The van der Waals surface area contributed by atoms with E-state index < -0.39 is 0 Å². The predicted molar refractivity (Wildman–Crippen MR) is 174 cm³/mol. The third-order valence-electron chi connectivity index (χ3n) is 8.15. The number of hydrogen-bond acceptors (Lipinski definition) is 9. The molecule has 0 saturated heterocycles. The lowest BCUT2D eigenvalue weighted by Gasteiger charge is -2.21. The Bertz CT molecular complexity index is 1810. The van der Waals surface area contributed by atoms with Crippen molar-refractivity contribution in [2.24, 2.45) is 7.05 Å². The molecular formula is C32H34Cl2N8O3. The zero-order chi connectivity index (χ0) is 31.8. The van der Waals surface area contributed by atoms with E-state index in [9.17, 15) is 9.59 Å². The number of anilines is 2. The third-order valence-corrected chi connectivity index (χ3v) is 8.95. The summed E-state index contributed by atoms with van der Waals surface area (Å²) in [6, 6.07) is 11.3. The zero-order valence-corrected chi connectivity index (χ0v) is 27.1. The molecule has 234 valence electrons. The van der Waals surface area contributed by atoms with Gasteiger partial charge >= 0.3 is 0 Å². The lowest BCUT2D eigenvalue weighted by molar-refractivity contribution is -0.116. The van der Waals surface area contributed by atoms with Crippen LogP contribution in [0.4, 0.5) is 11.4 Å².